The summed E-state index contributed by atoms with van der Waals surface area (Å²) in [4.78, 5) is 29.9. The van der Waals surface area contributed by atoms with Crippen LogP contribution in [0.5, 0.6) is 5.75 Å². The molecule has 0 bridgehead atoms. The van der Waals surface area contributed by atoms with E-state index < -0.39 is 28.5 Å². The molecule has 0 radical (unpaired) electrons. The number of hydrogen-bond acceptors (Lipinski definition) is 5. The van der Waals surface area contributed by atoms with Crippen molar-refractivity contribution in [3.63, 3.8) is 0 Å². The maximum absolute atomic E-state index is 14.5. The van der Waals surface area contributed by atoms with Gasteiger partial charge in [0.1, 0.15) is 18.3 Å². The van der Waals surface area contributed by atoms with Gasteiger partial charge in [0.2, 0.25) is 11.8 Å². The Labute approximate surface area is 270 Å². The molecule has 10 heteroatoms. The first kappa shape index (κ1) is 33.6. The van der Waals surface area contributed by atoms with Gasteiger partial charge in [-0.1, -0.05) is 79.2 Å². The van der Waals surface area contributed by atoms with Crippen molar-refractivity contribution in [2.45, 2.75) is 50.2 Å². The lowest BCUT2D eigenvalue weighted by Crippen LogP contribution is -2.54. The fourth-order valence-electron chi connectivity index (χ4n) is 4.82. The summed E-state index contributed by atoms with van der Waals surface area (Å²) in [7, 11) is -2.63. The molecule has 45 heavy (non-hydrogen) atoms. The molecular formula is C35H38ClN3O5S. The molecule has 0 heterocycles. The Kier molecular flexibility index (Phi) is 11.6. The Hall–Kier alpha value is -4.34. The molecule has 4 rings (SSSR count). The smallest absolute Gasteiger partial charge is 0.264 e. The normalized spacial score (nSPS) is 12.5. The molecule has 4 aromatic carbocycles. The molecule has 0 aliphatic rings. The van der Waals surface area contributed by atoms with Crippen LogP contribution in [0.3, 0.4) is 0 Å². The Balaban J connectivity index is 1.81. The van der Waals surface area contributed by atoms with E-state index in [2.05, 4.69) is 5.32 Å². The summed E-state index contributed by atoms with van der Waals surface area (Å²) in [5.74, 6) is -0.279. The first-order chi connectivity index (χ1) is 21.6. The second-order valence-corrected chi connectivity index (χ2v) is 13.0. The molecule has 0 aliphatic carbocycles. The first-order valence-electron chi connectivity index (χ1n) is 14.7. The minimum atomic E-state index is -4.18. The van der Waals surface area contributed by atoms with E-state index in [1.165, 1.54) is 17.0 Å². The molecule has 2 atom stereocenters. The maximum atomic E-state index is 14.5. The number of methoxy groups -OCH3 is 1. The standard InChI is InChI=1S/C35H38ClN3O5S/c1-4-26(2)37-35(41)33(23-27-12-7-5-8-13-27)38(24-28-14-11-15-31(22-28)44-3)34(40)25-39(30-20-18-29(36)19-21-30)45(42,43)32-16-9-6-10-17-32/h5-22,26,33H,4,23-25H2,1-3H3,(H,37,41)/t26-,33+/m0/s1. The number of benzene rings is 4. The molecular weight excluding hydrogens is 610 g/mol. The fraction of sp³-hybridized carbons (Fsp3) is 0.257. The highest BCUT2D eigenvalue weighted by Crippen LogP contribution is 2.26. The Morgan fingerprint density at radius 3 is 2.11 bits per heavy atom. The number of halogens is 1. The topological polar surface area (TPSA) is 96.0 Å². The highest BCUT2D eigenvalue weighted by molar-refractivity contribution is 7.92. The third kappa shape index (κ3) is 8.86. The van der Waals surface area contributed by atoms with Crippen molar-refractivity contribution >= 4 is 39.1 Å². The van der Waals surface area contributed by atoms with Crippen LogP contribution in [0.2, 0.25) is 5.02 Å². The third-order valence-corrected chi connectivity index (χ3v) is 9.52. The van der Waals surface area contributed by atoms with Gasteiger partial charge in [-0.15, -0.1) is 0 Å². The van der Waals surface area contributed by atoms with Gasteiger partial charge in [0, 0.05) is 24.0 Å². The molecule has 0 unspecified atom stereocenters. The summed E-state index contributed by atoms with van der Waals surface area (Å²) in [5.41, 5.74) is 1.85. The lowest BCUT2D eigenvalue weighted by molar-refractivity contribution is -0.140. The van der Waals surface area contributed by atoms with Crippen LogP contribution in [0.25, 0.3) is 0 Å². The molecule has 8 nitrogen and oxygen atoms in total. The van der Waals surface area contributed by atoms with E-state index in [-0.39, 0.29) is 35.5 Å². The summed E-state index contributed by atoms with van der Waals surface area (Å²) in [6.45, 7) is 3.36. The van der Waals surface area contributed by atoms with Gasteiger partial charge in [-0.3, -0.25) is 13.9 Å². The van der Waals surface area contributed by atoms with Gasteiger partial charge >= 0.3 is 0 Å². The number of hydrogen-bond donors (Lipinski definition) is 1. The quantitative estimate of drug-likeness (QED) is 0.179. The van der Waals surface area contributed by atoms with Gasteiger partial charge < -0.3 is 15.0 Å². The van der Waals surface area contributed by atoms with E-state index >= 15 is 0 Å². The van der Waals surface area contributed by atoms with E-state index in [0.717, 1.165) is 15.4 Å². The fourth-order valence-corrected chi connectivity index (χ4v) is 6.38. The molecule has 4 aromatic rings. The van der Waals surface area contributed by atoms with Gasteiger partial charge in [0.15, 0.2) is 0 Å². The lowest BCUT2D eigenvalue weighted by atomic mass is 10.0. The molecule has 0 fully saturated rings. The molecule has 236 valence electrons. The summed E-state index contributed by atoms with van der Waals surface area (Å²) in [5, 5.41) is 3.46. The number of carbonyl (C=O) groups excluding carboxylic acids is 2. The van der Waals surface area contributed by atoms with Crippen LogP contribution in [0.4, 0.5) is 5.69 Å². The minimum Gasteiger partial charge on any atom is -0.497 e. The molecule has 1 N–H and O–H groups in total. The molecule has 2 amide bonds. The SMILES string of the molecule is CC[C@H](C)NC(=O)[C@@H](Cc1ccccc1)N(Cc1cccc(OC)c1)C(=O)CN(c1ccc(Cl)cc1)S(=O)(=O)c1ccccc1. The van der Waals surface area contributed by atoms with Crippen molar-refractivity contribution in [3.05, 3.63) is 125 Å². The summed E-state index contributed by atoms with van der Waals surface area (Å²) < 4.78 is 34.5. The number of nitrogens with one attached hydrogen (secondary N) is 1. The number of carbonyl (C=O) groups is 2. The van der Waals surface area contributed by atoms with E-state index in [1.807, 2.05) is 56.3 Å². The third-order valence-electron chi connectivity index (χ3n) is 7.48. The van der Waals surface area contributed by atoms with Crippen LogP contribution in [-0.4, -0.2) is 50.9 Å². The van der Waals surface area contributed by atoms with Crippen LogP contribution in [0.1, 0.15) is 31.4 Å². The predicted octanol–water partition coefficient (Wildman–Crippen LogP) is 6.10. The number of ether oxygens (including phenoxy) is 1. The molecule has 0 aliphatic heterocycles. The van der Waals surface area contributed by atoms with Gasteiger partial charge in [-0.2, -0.15) is 0 Å². The monoisotopic (exact) mass is 647 g/mol. The number of amides is 2. The molecule has 0 saturated heterocycles. The van der Waals surface area contributed by atoms with Crippen LogP contribution in [0, 0.1) is 0 Å². The zero-order chi connectivity index (χ0) is 32.4. The van der Waals surface area contributed by atoms with Gasteiger partial charge in [0.25, 0.3) is 10.0 Å². The first-order valence-corrected chi connectivity index (χ1v) is 16.5. The van der Waals surface area contributed by atoms with E-state index in [0.29, 0.717) is 17.2 Å². The molecule has 0 saturated carbocycles. The van der Waals surface area contributed by atoms with E-state index in [4.69, 9.17) is 16.3 Å². The number of anilines is 1. The van der Waals surface area contributed by atoms with E-state index in [9.17, 15) is 18.0 Å². The van der Waals surface area contributed by atoms with Crippen LogP contribution >= 0.6 is 11.6 Å². The lowest BCUT2D eigenvalue weighted by Gasteiger charge is -2.34. The summed E-state index contributed by atoms with van der Waals surface area (Å²) in [6, 6.07) is 29.8. The highest BCUT2D eigenvalue weighted by atomic mass is 35.5. The summed E-state index contributed by atoms with van der Waals surface area (Å²) >= 11 is 6.13. The average molecular weight is 648 g/mol. The number of nitrogens with zero attached hydrogens (tertiary/aromatic N) is 2. The summed E-state index contributed by atoms with van der Waals surface area (Å²) in [6.07, 6.45) is 0.929. The minimum absolute atomic E-state index is 0.0300. The van der Waals surface area contributed by atoms with Crippen molar-refractivity contribution in [2.24, 2.45) is 0 Å². The van der Waals surface area contributed by atoms with Crippen LogP contribution in [0.15, 0.2) is 114 Å². The van der Waals surface area contributed by atoms with Crippen molar-refractivity contribution < 1.29 is 22.7 Å². The Morgan fingerprint density at radius 1 is 0.867 bits per heavy atom. The number of rotatable bonds is 14. The van der Waals surface area contributed by atoms with Gasteiger partial charge in [0.05, 0.1) is 17.7 Å². The van der Waals surface area contributed by atoms with Gasteiger partial charge in [-0.05, 0) is 73.0 Å². The molecule has 0 spiro atoms. The second-order valence-electron chi connectivity index (χ2n) is 10.7. The zero-order valence-corrected chi connectivity index (χ0v) is 27.2. The molecule has 0 aromatic heterocycles. The average Bonchev–Trinajstić information content (AvgIpc) is 3.06. The van der Waals surface area contributed by atoms with Crippen molar-refractivity contribution in [2.75, 3.05) is 18.0 Å². The van der Waals surface area contributed by atoms with Crippen molar-refractivity contribution in [3.8, 4) is 5.75 Å². The number of sulfonamides is 1. The predicted molar refractivity (Wildman–Crippen MR) is 178 cm³/mol. The van der Waals surface area contributed by atoms with Crippen LogP contribution < -0.4 is 14.4 Å². The highest BCUT2D eigenvalue weighted by Gasteiger charge is 2.35. The van der Waals surface area contributed by atoms with Gasteiger partial charge in [-0.25, -0.2) is 8.42 Å². The Morgan fingerprint density at radius 2 is 1.49 bits per heavy atom. The zero-order valence-electron chi connectivity index (χ0n) is 25.6. The Bertz CT molecular complexity index is 1670. The van der Waals surface area contributed by atoms with Crippen LogP contribution in [-0.2, 0) is 32.6 Å². The van der Waals surface area contributed by atoms with E-state index in [1.54, 1.807) is 61.7 Å². The second kappa shape index (κ2) is 15.6. The largest absolute Gasteiger partial charge is 0.497 e. The maximum Gasteiger partial charge on any atom is 0.264 e. The van der Waals surface area contributed by atoms with Crippen molar-refractivity contribution in [1.29, 1.82) is 0 Å². The van der Waals surface area contributed by atoms with Crippen molar-refractivity contribution in [1.82, 2.24) is 10.2 Å².